The van der Waals surface area contributed by atoms with Crippen molar-refractivity contribution in [3.63, 3.8) is 0 Å². The third-order valence-corrected chi connectivity index (χ3v) is 5.37. The van der Waals surface area contributed by atoms with Gasteiger partial charge in [0.05, 0.1) is 22.9 Å². The molecule has 0 aliphatic carbocycles. The van der Waals surface area contributed by atoms with E-state index in [1.165, 1.54) is 6.92 Å². The summed E-state index contributed by atoms with van der Waals surface area (Å²) in [5.41, 5.74) is 0. The van der Waals surface area contributed by atoms with Crippen molar-refractivity contribution in [1.82, 2.24) is 0 Å². The summed E-state index contributed by atoms with van der Waals surface area (Å²) in [6.45, 7) is 1.48. The molecule has 1 unspecified atom stereocenters. The van der Waals surface area contributed by atoms with Crippen LogP contribution >= 0.6 is 11.8 Å². The molecule has 0 amide bonds. The second kappa shape index (κ2) is 4.08. The van der Waals surface area contributed by atoms with E-state index in [-0.39, 0.29) is 11.5 Å². The molecule has 0 aromatic heterocycles. The largest absolute Gasteiger partial charge is 0.480 e. The van der Waals surface area contributed by atoms with Gasteiger partial charge in [0.2, 0.25) is 0 Å². The number of carboxylic acids is 1. The molecule has 7 heteroatoms. The van der Waals surface area contributed by atoms with Crippen LogP contribution in [0.5, 0.6) is 0 Å². The minimum atomic E-state index is -3.18. The van der Waals surface area contributed by atoms with Crippen molar-refractivity contribution in [1.29, 1.82) is 0 Å². The number of carboxylic acid groups (broad SMARTS) is 1. The van der Waals surface area contributed by atoms with Gasteiger partial charge in [-0.1, -0.05) is 0 Å². The van der Waals surface area contributed by atoms with E-state index in [1.54, 1.807) is 0 Å². The van der Waals surface area contributed by atoms with E-state index in [0.29, 0.717) is 0 Å². The van der Waals surface area contributed by atoms with Crippen LogP contribution in [0.15, 0.2) is 0 Å². The molecule has 0 aromatic carbocycles. The summed E-state index contributed by atoms with van der Waals surface area (Å²) < 4.78 is 22.2. The maximum atomic E-state index is 11.1. The van der Waals surface area contributed by atoms with E-state index < -0.39 is 32.4 Å². The van der Waals surface area contributed by atoms with E-state index in [9.17, 15) is 18.3 Å². The highest BCUT2D eigenvalue weighted by Crippen LogP contribution is 2.28. The summed E-state index contributed by atoms with van der Waals surface area (Å²) in [5.74, 6) is -1.38. The first-order valence-corrected chi connectivity index (χ1v) is 6.85. The SMILES string of the molecule is CC(S[C@@H]1CS(=O)(=O)C[C@H]1O)C(=O)O. The third kappa shape index (κ3) is 2.86. The molecule has 82 valence electrons. The number of aliphatic hydroxyl groups excluding tert-OH is 1. The second-order valence-corrected chi connectivity index (χ2v) is 7.04. The quantitative estimate of drug-likeness (QED) is 0.681. The molecule has 1 rings (SSSR count). The average Bonchev–Trinajstić information content (AvgIpc) is 2.24. The Kier molecular flexibility index (Phi) is 3.44. The van der Waals surface area contributed by atoms with E-state index in [1.807, 2.05) is 0 Å². The van der Waals surface area contributed by atoms with Gasteiger partial charge in [0.1, 0.15) is 0 Å². The monoisotopic (exact) mass is 240 g/mol. The molecule has 1 aliphatic rings. The van der Waals surface area contributed by atoms with Crippen molar-refractivity contribution in [3.8, 4) is 0 Å². The van der Waals surface area contributed by atoms with Gasteiger partial charge < -0.3 is 10.2 Å². The first kappa shape index (κ1) is 11.8. The minimum Gasteiger partial charge on any atom is -0.480 e. The molecule has 1 aliphatic heterocycles. The predicted octanol–water partition coefficient (Wildman–Crippen LogP) is -0.649. The highest BCUT2D eigenvalue weighted by Gasteiger charge is 2.38. The Hall–Kier alpha value is -0.270. The first-order chi connectivity index (χ1) is 6.32. The van der Waals surface area contributed by atoms with Gasteiger partial charge >= 0.3 is 5.97 Å². The van der Waals surface area contributed by atoms with Crippen LogP contribution in [0.4, 0.5) is 0 Å². The van der Waals surface area contributed by atoms with E-state index >= 15 is 0 Å². The van der Waals surface area contributed by atoms with Gasteiger partial charge in [-0.25, -0.2) is 8.42 Å². The summed E-state index contributed by atoms with van der Waals surface area (Å²) in [7, 11) is -3.18. The van der Waals surface area contributed by atoms with Crippen molar-refractivity contribution >= 4 is 27.6 Å². The highest BCUT2D eigenvalue weighted by molar-refractivity contribution is 8.03. The van der Waals surface area contributed by atoms with Gasteiger partial charge in [-0.05, 0) is 6.92 Å². The average molecular weight is 240 g/mol. The van der Waals surface area contributed by atoms with Crippen LogP contribution in [0.1, 0.15) is 6.92 Å². The number of thioether (sulfide) groups is 1. The molecule has 0 saturated carbocycles. The molecule has 1 saturated heterocycles. The molecule has 0 aromatic rings. The van der Waals surface area contributed by atoms with Crippen LogP contribution in [0.2, 0.25) is 0 Å². The lowest BCUT2D eigenvalue weighted by molar-refractivity contribution is -0.136. The second-order valence-electron chi connectivity index (χ2n) is 3.30. The Bertz CT molecular complexity index is 323. The lowest BCUT2D eigenvalue weighted by Crippen LogP contribution is -2.25. The van der Waals surface area contributed by atoms with Crippen molar-refractivity contribution in [3.05, 3.63) is 0 Å². The standard InChI is InChI=1S/C7H12O5S2/c1-4(7(9)10)13-6-3-14(11,12)2-5(6)8/h4-6,8H,2-3H2,1H3,(H,9,10)/t4?,5-,6-/m1/s1. The van der Waals surface area contributed by atoms with E-state index in [4.69, 9.17) is 5.11 Å². The molecule has 1 heterocycles. The fraction of sp³-hybridized carbons (Fsp3) is 0.857. The van der Waals surface area contributed by atoms with Crippen LogP contribution in [0.25, 0.3) is 0 Å². The zero-order valence-corrected chi connectivity index (χ0v) is 9.21. The van der Waals surface area contributed by atoms with Crippen LogP contribution in [-0.4, -0.2) is 52.7 Å². The van der Waals surface area contributed by atoms with Crippen molar-refractivity contribution < 1.29 is 23.4 Å². The van der Waals surface area contributed by atoms with E-state index in [2.05, 4.69) is 0 Å². The van der Waals surface area contributed by atoms with Crippen molar-refractivity contribution in [2.75, 3.05) is 11.5 Å². The normalized spacial score (nSPS) is 32.7. The van der Waals surface area contributed by atoms with Gasteiger partial charge in [0.15, 0.2) is 9.84 Å². The first-order valence-electron chi connectivity index (χ1n) is 4.08. The number of carbonyl (C=O) groups is 1. The zero-order valence-electron chi connectivity index (χ0n) is 7.58. The number of rotatable bonds is 3. The molecule has 5 nitrogen and oxygen atoms in total. The van der Waals surface area contributed by atoms with Gasteiger partial charge in [-0.2, -0.15) is 0 Å². The maximum Gasteiger partial charge on any atom is 0.316 e. The number of sulfone groups is 1. The van der Waals surface area contributed by atoms with Gasteiger partial charge in [-0.15, -0.1) is 11.8 Å². The molecule has 0 radical (unpaired) electrons. The summed E-state index contributed by atoms with van der Waals surface area (Å²) in [6, 6.07) is 0. The number of hydrogen-bond acceptors (Lipinski definition) is 5. The smallest absolute Gasteiger partial charge is 0.316 e. The Labute approximate surface area is 86.4 Å². The molecule has 0 spiro atoms. The van der Waals surface area contributed by atoms with E-state index in [0.717, 1.165) is 11.8 Å². The molecular formula is C7H12O5S2. The number of aliphatic hydroxyl groups is 1. The van der Waals surface area contributed by atoms with Gasteiger partial charge in [0, 0.05) is 5.25 Å². The van der Waals surface area contributed by atoms with Crippen LogP contribution in [0, 0.1) is 0 Å². The molecule has 14 heavy (non-hydrogen) atoms. The molecule has 0 bridgehead atoms. The molecule has 3 atom stereocenters. The molecule has 2 N–H and O–H groups in total. The topological polar surface area (TPSA) is 91.7 Å². The number of aliphatic carboxylic acids is 1. The van der Waals surface area contributed by atoms with Crippen molar-refractivity contribution in [2.45, 2.75) is 23.5 Å². The van der Waals surface area contributed by atoms with Gasteiger partial charge in [0.25, 0.3) is 0 Å². The Morgan fingerprint density at radius 1 is 1.50 bits per heavy atom. The Morgan fingerprint density at radius 3 is 2.43 bits per heavy atom. The molecular weight excluding hydrogens is 228 g/mol. The number of hydrogen-bond donors (Lipinski definition) is 2. The minimum absolute atomic E-state index is 0.129. The maximum absolute atomic E-state index is 11.1. The summed E-state index contributed by atoms with van der Waals surface area (Å²) >= 11 is 0.997. The summed E-state index contributed by atoms with van der Waals surface area (Å²) in [6.07, 6.45) is -0.938. The van der Waals surface area contributed by atoms with Crippen LogP contribution in [-0.2, 0) is 14.6 Å². The summed E-state index contributed by atoms with van der Waals surface area (Å²) in [4.78, 5) is 10.5. The fourth-order valence-corrected chi connectivity index (χ4v) is 4.84. The third-order valence-electron chi connectivity index (χ3n) is 2.00. The zero-order chi connectivity index (χ0) is 10.9. The fourth-order valence-electron chi connectivity index (χ4n) is 1.25. The van der Waals surface area contributed by atoms with Crippen LogP contribution < -0.4 is 0 Å². The van der Waals surface area contributed by atoms with Crippen molar-refractivity contribution in [2.24, 2.45) is 0 Å². The molecule has 1 fully saturated rings. The van der Waals surface area contributed by atoms with Crippen LogP contribution in [0.3, 0.4) is 0 Å². The lowest BCUT2D eigenvalue weighted by Gasteiger charge is -2.14. The predicted molar refractivity (Wildman–Crippen MR) is 53.1 cm³/mol. The van der Waals surface area contributed by atoms with Gasteiger partial charge in [-0.3, -0.25) is 4.79 Å². The Balaban J connectivity index is 2.59. The lowest BCUT2D eigenvalue weighted by atomic mass is 10.3. The Morgan fingerprint density at radius 2 is 2.07 bits per heavy atom. The highest BCUT2D eigenvalue weighted by atomic mass is 32.2. The summed E-state index contributed by atoms with van der Waals surface area (Å²) in [5, 5.41) is 16.8.